The van der Waals surface area contributed by atoms with E-state index in [4.69, 9.17) is 18.9 Å². The Labute approximate surface area is 215 Å². The normalized spacial score (nSPS) is 16.5. The molecule has 0 aromatic heterocycles. The lowest BCUT2D eigenvalue weighted by atomic mass is 9.94. The van der Waals surface area contributed by atoms with E-state index in [1.165, 1.54) is 26.2 Å². The molecular weight excluding hydrogens is 474 g/mol. The highest BCUT2D eigenvalue weighted by atomic mass is 16.5. The average molecular weight is 504 g/mol. The Morgan fingerprint density at radius 3 is 2.14 bits per heavy atom. The number of aliphatic hydroxyl groups excluding tert-OH is 1. The van der Waals surface area contributed by atoms with Crippen LogP contribution in [0.5, 0.6) is 23.0 Å². The fraction of sp³-hybridized carbons (Fsp3) is 0.241. The van der Waals surface area contributed by atoms with E-state index in [-0.39, 0.29) is 17.9 Å². The Morgan fingerprint density at radius 2 is 1.49 bits per heavy atom. The number of ether oxygens (including phenoxy) is 4. The van der Waals surface area contributed by atoms with Gasteiger partial charge in [-0.3, -0.25) is 9.59 Å². The van der Waals surface area contributed by atoms with E-state index in [2.05, 4.69) is 0 Å². The molecule has 1 heterocycles. The molecule has 0 spiro atoms. The minimum absolute atomic E-state index is 0.0172. The molecule has 1 saturated heterocycles. The summed E-state index contributed by atoms with van der Waals surface area (Å²) in [7, 11) is 6.11. The van der Waals surface area contributed by atoms with Crippen molar-refractivity contribution in [3.63, 3.8) is 0 Å². The van der Waals surface area contributed by atoms with E-state index in [9.17, 15) is 14.7 Å². The van der Waals surface area contributed by atoms with Crippen LogP contribution in [0.1, 0.15) is 22.7 Å². The van der Waals surface area contributed by atoms with Crippen molar-refractivity contribution in [1.29, 1.82) is 0 Å². The highest BCUT2D eigenvalue weighted by Crippen LogP contribution is 2.43. The van der Waals surface area contributed by atoms with Crippen molar-refractivity contribution in [3.05, 3.63) is 89.0 Å². The lowest BCUT2D eigenvalue weighted by Crippen LogP contribution is -2.31. The van der Waals surface area contributed by atoms with E-state index < -0.39 is 17.7 Å². The van der Waals surface area contributed by atoms with E-state index >= 15 is 0 Å². The number of carbonyl (C=O) groups excluding carboxylic acids is 2. The minimum atomic E-state index is -0.845. The zero-order chi connectivity index (χ0) is 26.5. The Bertz CT molecular complexity index is 1330. The minimum Gasteiger partial charge on any atom is -0.507 e. The lowest BCUT2D eigenvalue weighted by molar-refractivity contribution is -0.139. The number of rotatable bonds is 9. The summed E-state index contributed by atoms with van der Waals surface area (Å²) in [6.45, 7) is 0.252. The van der Waals surface area contributed by atoms with Crippen molar-refractivity contribution >= 4 is 17.4 Å². The molecule has 1 N–H and O–H groups in total. The van der Waals surface area contributed by atoms with Crippen molar-refractivity contribution < 1.29 is 33.6 Å². The number of hydrogen-bond acceptors (Lipinski definition) is 7. The Morgan fingerprint density at radius 1 is 0.811 bits per heavy atom. The summed E-state index contributed by atoms with van der Waals surface area (Å²) in [6, 6.07) is 18.6. The van der Waals surface area contributed by atoms with Gasteiger partial charge in [0.15, 0.2) is 11.5 Å². The van der Waals surface area contributed by atoms with Crippen molar-refractivity contribution in [2.24, 2.45) is 0 Å². The van der Waals surface area contributed by atoms with E-state index in [1.807, 2.05) is 24.3 Å². The zero-order valence-electron chi connectivity index (χ0n) is 21.2. The topological polar surface area (TPSA) is 94.5 Å². The van der Waals surface area contributed by atoms with Crippen molar-refractivity contribution in [3.8, 4) is 23.0 Å². The van der Waals surface area contributed by atoms with Crippen molar-refractivity contribution in [2.45, 2.75) is 12.5 Å². The number of ketones is 1. The first-order valence-electron chi connectivity index (χ1n) is 11.7. The van der Waals surface area contributed by atoms with Gasteiger partial charge in [-0.1, -0.05) is 30.3 Å². The highest BCUT2D eigenvalue weighted by molar-refractivity contribution is 6.46. The van der Waals surface area contributed by atoms with Crippen LogP contribution in [0.15, 0.2) is 72.3 Å². The van der Waals surface area contributed by atoms with Crippen LogP contribution in [0, 0.1) is 0 Å². The summed E-state index contributed by atoms with van der Waals surface area (Å²) in [5.41, 5.74) is 1.88. The van der Waals surface area contributed by atoms with Gasteiger partial charge in [0.25, 0.3) is 11.7 Å². The number of hydrogen-bond donors (Lipinski definition) is 1. The smallest absolute Gasteiger partial charge is 0.295 e. The van der Waals surface area contributed by atoms with Crippen LogP contribution in [0.3, 0.4) is 0 Å². The fourth-order valence-electron chi connectivity index (χ4n) is 4.51. The van der Waals surface area contributed by atoms with E-state index in [1.54, 1.807) is 49.6 Å². The Kier molecular flexibility index (Phi) is 7.67. The van der Waals surface area contributed by atoms with Gasteiger partial charge in [-0.2, -0.15) is 0 Å². The summed E-state index contributed by atoms with van der Waals surface area (Å²) in [5, 5.41) is 11.4. The maximum atomic E-state index is 13.4. The molecule has 4 rings (SSSR count). The van der Waals surface area contributed by atoms with Gasteiger partial charge in [0.05, 0.1) is 40.1 Å². The number of likely N-dealkylation sites (tertiary alicyclic amines) is 1. The maximum Gasteiger partial charge on any atom is 0.295 e. The molecule has 8 nitrogen and oxygen atoms in total. The summed E-state index contributed by atoms with van der Waals surface area (Å²) < 4.78 is 21.4. The summed E-state index contributed by atoms with van der Waals surface area (Å²) in [5.74, 6) is 0.330. The molecule has 1 amide bonds. The quantitative estimate of drug-likeness (QED) is 0.263. The SMILES string of the molecule is COc1ccc(CCN2C(=O)C(=O)/C(=C(/O)c3ccc(OC)c(OC)c3)C2c2ccccc2OC)cc1. The Balaban J connectivity index is 1.80. The van der Waals surface area contributed by atoms with E-state index in [0.29, 0.717) is 34.8 Å². The van der Waals surface area contributed by atoms with Gasteiger partial charge in [0.1, 0.15) is 17.3 Å². The number of carbonyl (C=O) groups is 2. The van der Waals surface area contributed by atoms with Gasteiger partial charge in [-0.25, -0.2) is 0 Å². The van der Waals surface area contributed by atoms with Gasteiger partial charge in [0, 0.05) is 17.7 Å². The van der Waals surface area contributed by atoms with Gasteiger partial charge in [0.2, 0.25) is 0 Å². The number of nitrogens with zero attached hydrogens (tertiary/aromatic N) is 1. The summed E-state index contributed by atoms with van der Waals surface area (Å²) >= 11 is 0. The van der Waals surface area contributed by atoms with Crippen LogP contribution in [-0.4, -0.2) is 56.7 Å². The monoisotopic (exact) mass is 503 g/mol. The van der Waals surface area contributed by atoms with Gasteiger partial charge >= 0.3 is 0 Å². The molecule has 1 aliphatic rings. The van der Waals surface area contributed by atoms with Crippen LogP contribution < -0.4 is 18.9 Å². The van der Waals surface area contributed by atoms with Crippen LogP contribution in [-0.2, 0) is 16.0 Å². The molecule has 1 fully saturated rings. The first-order chi connectivity index (χ1) is 17.9. The largest absolute Gasteiger partial charge is 0.507 e. The first kappa shape index (κ1) is 25.6. The van der Waals surface area contributed by atoms with Gasteiger partial charge in [-0.15, -0.1) is 0 Å². The van der Waals surface area contributed by atoms with Crippen LogP contribution in [0.25, 0.3) is 5.76 Å². The predicted octanol–water partition coefficient (Wildman–Crippen LogP) is 4.39. The Hall–Kier alpha value is -4.46. The molecule has 1 atom stereocenters. The fourth-order valence-corrected chi connectivity index (χ4v) is 4.51. The molecule has 3 aromatic rings. The zero-order valence-corrected chi connectivity index (χ0v) is 21.2. The van der Waals surface area contributed by atoms with E-state index in [0.717, 1.165) is 11.3 Å². The molecule has 0 aliphatic carbocycles. The molecule has 0 radical (unpaired) electrons. The second kappa shape index (κ2) is 11.1. The lowest BCUT2D eigenvalue weighted by Gasteiger charge is -2.26. The number of methoxy groups -OCH3 is 4. The summed E-state index contributed by atoms with van der Waals surface area (Å²) in [6.07, 6.45) is 0.499. The molecule has 37 heavy (non-hydrogen) atoms. The highest BCUT2D eigenvalue weighted by Gasteiger charge is 2.46. The molecule has 0 bridgehead atoms. The molecule has 8 heteroatoms. The number of Topliss-reactive ketones (excluding diaryl/α,β-unsaturated/α-hetero) is 1. The molecule has 3 aromatic carbocycles. The van der Waals surface area contributed by atoms with Crippen molar-refractivity contribution in [2.75, 3.05) is 35.0 Å². The third-order valence-electron chi connectivity index (χ3n) is 6.43. The van der Waals surface area contributed by atoms with Crippen LogP contribution >= 0.6 is 0 Å². The van der Waals surface area contributed by atoms with Gasteiger partial charge < -0.3 is 29.0 Å². The second-order valence-electron chi connectivity index (χ2n) is 8.40. The first-order valence-corrected chi connectivity index (χ1v) is 11.7. The van der Waals surface area contributed by atoms with Crippen LogP contribution in [0.4, 0.5) is 0 Å². The van der Waals surface area contributed by atoms with Gasteiger partial charge in [-0.05, 0) is 48.4 Å². The maximum absolute atomic E-state index is 13.4. The summed E-state index contributed by atoms with van der Waals surface area (Å²) in [4.78, 5) is 28.2. The molecule has 1 aliphatic heterocycles. The third-order valence-corrected chi connectivity index (χ3v) is 6.43. The molecule has 0 saturated carbocycles. The average Bonchev–Trinajstić information content (AvgIpc) is 3.20. The number of aliphatic hydroxyl groups is 1. The van der Waals surface area contributed by atoms with Crippen molar-refractivity contribution in [1.82, 2.24) is 4.90 Å². The number of benzene rings is 3. The molecule has 1 unspecified atom stereocenters. The number of amides is 1. The third kappa shape index (κ3) is 4.95. The molecular formula is C29H29NO7. The predicted molar refractivity (Wildman–Crippen MR) is 138 cm³/mol. The molecule has 192 valence electrons. The number of para-hydroxylation sites is 1. The standard InChI is InChI=1S/C29H29NO7/c1-34-20-12-9-18(10-13-20)15-16-30-26(21-7-5-6-8-22(21)35-2)25(28(32)29(30)33)27(31)19-11-14-23(36-3)24(17-19)37-4/h5-14,17,26,31H,15-16H2,1-4H3/b27-25+. The second-order valence-corrected chi connectivity index (χ2v) is 8.40. The van der Waals surface area contributed by atoms with Crippen LogP contribution in [0.2, 0.25) is 0 Å².